The van der Waals surface area contributed by atoms with Gasteiger partial charge < -0.3 is 10.1 Å². The van der Waals surface area contributed by atoms with Gasteiger partial charge in [0.1, 0.15) is 18.7 Å². The van der Waals surface area contributed by atoms with Crippen LogP contribution in [0, 0.1) is 0 Å². The molecule has 2 aromatic rings. The van der Waals surface area contributed by atoms with Crippen molar-refractivity contribution in [1.29, 1.82) is 0 Å². The number of nitrogens with one attached hydrogen (secondary N) is 1. The maximum atomic E-state index is 13.0. The van der Waals surface area contributed by atoms with Crippen molar-refractivity contribution in [2.75, 3.05) is 13.1 Å². The van der Waals surface area contributed by atoms with Crippen LogP contribution in [-0.2, 0) is 23.7 Å². The van der Waals surface area contributed by atoms with E-state index in [1.54, 1.807) is 40.3 Å². The van der Waals surface area contributed by atoms with Gasteiger partial charge in [-0.25, -0.2) is 13.4 Å². The predicted molar refractivity (Wildman–Crippen MR) is 95.1 cm³/mol. The summed E-state index contributed by atoms with van der Waals surface area (Å²) in [5, 5.41) is 7.50. The summed E-state index contributed by atoms with van der Waals surface area (Å²) in [6, 6.07) is 7.31. The average molecular weight is 377 g/mol. The Morgan fingerprint density at radius 1 is 1.19 bits per heavy atom. The van der Waals surface area contributed by atoms with E-state index in [-0.39, 0.29) is 12.6 Å². The molecule has 2 bridgehead atoms. The summed E-state index contributed by atoms with van der Waals surface area (Å²) in [7, 11) is -1.68. The van der Waals surface area contributed by atoms with Gasteiger partial charge in [-0.2, -0.15) is 9.40 Å². The van der Waals surface area contributed by atoms with Crippen LogP contribution in [0.15, 0.2) is 35.5 Å². The minimum absolute atomic E-state index is 0.270. The SMILES string of the molecule is Cn1ncnc1COc1ccc(S(=O)(=O)N2CCC3CCC(C2)N3)cc1. The Labute approximate surface area is 153 Å². The van der Waals surface area contributed by atoms with Crippen LogP contribution in [-0.4, -0.2) is 52.7 Å². The third-order valence-electron chi connectivity index (χ3n) is 5.12. The van der Waals surface area contributed by atoms with Crippen LogP contribution in [0.2, 0.25) is 0 Å². The van der Waals surface area contributed by atoms with E-state index in [0.29, 0.717) is 35.6 Å². The summed E-state index contributed by atoms with van der Waals surface area (Å²) in [5.74, 6) is 1.30. The first-order valence-corrected chi connectivity index (χ1v) is 10.3. The molecular weight excluding hydrogens is 354 g/mol. The van der Waals surface area contributed by atoms with E-state index in [1.165, 1.54) is 6.33 Å². The van der Waals surface area contributed by atoms with Crippen LogP contribution in [0.1, 0.15) is 25.1 Å². The van der Waals surface area contributed by atoms with Crippen LogP contribution >= 0.6 is 0 Å². The molecule has 9 heteroatoms. The molecule has 0 saturated carbocycles. The second-order valence-corrected chi connectivity index (χ2v) is 8.79. The molecule has 0 aliphatic carbocycles. The van der Waals surface area contributed by atoms with Crippen LogP contribution < -0.4 is 10.1 Å². The smallest absolute Gasteiger partial charge is 0.243 e. The molecule has 1 aromatic carbocycles. The van der Waals surface area contributed by atoms with Crippen molar-refractivity contribution in [2.24, 2.45) is 7.05 Å². The van der Waals surface area contributed by atoms with Crippen molar-refractivity contribution >= 4 is 10.0 Å². The summed E-state index contributed by atoms with van der Waals surface area (Å²) in [5.41, 5.74) is 0. The van der Waals surface area contributed by atoms with Gasteiger partial charge in [0.2, 0.25) is 10.0 Å². The molecule has 26 heavy (non-hydrogen) atoms. The minimum Gasteiger partial charge on any atom is -0.486 e. The molecule has 4 rings (SSSR count). The first-order chi connectivity index (χ1) is 12.5. The molecule has 2 aliphatic heterocycles. The van der Waals surface area contributed by atoms with E-state index in [1.807, 2.05) is 0 Å². The van der Waals surface area contributed by atoms with Gasteiger partial charge in [-0.05, 0) is 43.5 Å². The molecule has 2 unspecified atom stereocenters. The first kappa shape index (κ1) is 17.4. The third kappa shape index (κ3) is 3.46. The summed E-state index contributed by atoms with van der Waals surface area (Å²) < 4.78 is 34.8. The second-order valence-electron chi connectivity index (χ2n) is 6.85. The second kappa shape index (κ2) is 6.98. The maximum Gasteiger partial charge on any atom is 0.243 e. The number of aromatic nitrogens is 3. The Morgan fingerprint density at radius 2 is 1.96 bits per heavy atom. The predicted octanol–water partition coefficient (Wildman–Crippen LogP) is 0.909. The lowest BCUT2D eigenvalue weighted by atomic mass is 10.1. The molecule has 2 fully saturated rings. The molecule has 140 valence electrons. The van der Waals surface area contributed by atoms with Crippen molar-refractivity contribution < 1.29 is 13.2 Å². The minimum atomic E-state index is -3.48. The fourth-order valence-corrected chi connectivity index (χ4v) is 5.08. The van der Waals surface area contributed by atoms with Crippen LogP contribution in [0.3, 0.4) is 0 Å². The lowest BCUT2D eigenvalue weighted by Crippen LogP contribution is -2.39. The van der Waals surface area contributed by atoms with Crippen molar-refractivity contribution in [3.8, 4) is 5.75 Å². The zero-order valence-corrected chi connectivity index (χ0v) is 15.5. The number of nitrogens with zero attached hydrogens (tertiary/aromatic N) is 4. The van der Waals surface area contributed by atoms with E-state index < -0.39 is 10.0 Å². The molecule has 2 aliphatic rings. The number of fused-ring (bicyclic) bond motifs is 2. The largest absolute Gasteiger partial charge is 0.486 e. The van der Waals surface area contributed by atoms with Crippen LogP contribution in [0.5, 0.6) is 5.75 Å². The van der Waals surface area contributed by atoms with E-state index in [2.05, 4.69) is 15.4 Å². The summed E-state index contributed by atoms with van der Waals surface area (Å²) in [6.45, 7) is 1.40. The van der Waals surface area contributed by atoms with Crippen molar-refractivity contribution in [3.05, 3.63) is 36.4 Å². The highest BCUT2D eigenvalue weighted by atomic mass is 32.2. The van der Waals surface area contributed by atoms with Gasteiger partial charge >= 0.3 is 0 Å². The van der Waals surface area contributed by atoms with Gasteiger partial charge in [-0.15, -0.1) is 0 Å². The Morgan fingerprint density at radius 3 is 2.69 bits per heavy atom. The first-order valence-electron chi connectivity index (χ1n) is 8.84. The number of rotatable bonds is 5. The molecule has 0 spiro atoms. The molecule has 1 N–H and O–H groups in total. The zero-order chi connectivity index (χ0) is 18.1. The van der Waals surface area contributed by atoms with Gasteiger partial charge in [-0.3, -0.25) is 4.68 Å². The van der Waals surface area contributed by atoms with Gasteiger partial charge in [-0.1, -0.05) is 0 Å². The Bertz CT molecular complexity index is 865. The van der Waals surface area contributed by atoms with Crippen molar-refractivity contribution in [2.45, 2.75) is 42.8 Å². The third-order valence-corrected chi connectivity index (χ3v) is 7.00. The Hall–Kier alpha value is -1.97. The van der Waals surface area contributed by atoms with Crippen LogP contribution in [0.25, 0.3) is 0 Å². The number of benzene rings is 1. The van der Waals surface area contributed by atoms with E-state index >= 15 is 0 Å². The van der Waals surface area contributed by atoms with Crippen molar-refractivity contribution in [1.82, 2.24) is 24.4 Å². The number of aryl methyl sites for hydroxylation is 1. The van der Waals surface area contributed by atoms with Crippen molar-refractivity contribution in [3.63, 3.8) is 0 Å². The lowest BCUT2D eigenvalue weighted by Gasteiger charge is -2.23. The molecule has 2 saturated heterocycles. The quantitative estimate of drug-likeness (QED) is 0.833. The highest BCUT2D eigenvalue weighted by molar-refractivity contribution is 7.89. The molecule has 0 radical (unpaired) electrons. The highest BCUT2D eigenvalue weighted by Crippen LogP contribution is 2.26. The van der Waals surface area contributed by atoms with E-state index in [4.69, 9.17) is 4.74 Å². The molecule has 2 atom stereocenters. The summed E-state index contributed by atoms with van der Waals surface area (Å²) in [4.78, 5) is 4.40. The van der Waals surface area contributed by atoms with E-state index in [9.17, 15) is 8.42 Å². The Balaban J connectivity index is 1.44. The summed E-state index contributed by atoms with van der Waals surface area (Å²) >= 11 is 0. The van der Waals surface area contributed by atoms with E-state index in [0.717, 1.165) is 19.3 Å². The Kier molecular flexibility index (Phi) is 4.68. The normalized spacial score (nSPS) is 23.7. The number of hydrogen-bond acceptors (Lipinski definition) is 6. The monoisotopic (exact) mass is 377 g/mol. The fourth-order valence-electron chi connectivity index (χ4n) is 3.58. The van der Waals surface area contributed by atoms with Gasteiger partial charge in [0, 0.05) is 32.2 Å². The molecule has 3 heterocycles. The molecule has 1 aromatic heterocycles. The highest BCUT2D eigenvalue weighted by Gasteiger charge is 2.34. The lowest BCUT2D eigenvalue weighted by molar-refractivity contribution is 0.289. The topological polar surface area (TPSA) is 89.3 Å². The maximum absolute atomic E-state index is 13.0. The molecular formula is C17H23N5O3S. The van der Waals surface area contributed by atoms with Gasteiger partial charge in [0.15, 0.2) is 5.82 Å². The molecule has 0 amide bonds. The van der Waals surface area contributed by atoms with Gasteiger partial charge in [0.05, 0.1) is 4.90 Å². The van der Waals surface area contributed by atoms with Crippen LogP contribution in [0.4, 0.5) is 0 Å². The zero-order valence-electron chi connectivity index (χ0n) is 14.7. The number of sulfonamides is 1. The number of hydrogen-bond donors (Lipinski definition) is 1. The summed E-state index contributed by atoms with van der Waals surface area (Å²) in [6.07, 6.45) is 4.54. The average Bonchev–Trinajstić information content (AvgIpc) is 3.17. The standard InChI is InChI=1S/C17H23N5O3S/c1-21-17(18-12-19-21)11-25-15-4-6-16(7-5-15)26(23,24)22-9-8-13-2-3-14(10-22)20-13/h4-7,12-14,20H,2-3,8-11H2,1H3. The fraction of sp³-hybridized carbons (Fsp3) is 0.529. The van der Waals surface area contributed by atoms with Gasteiger partial charge in [0.25, 0.3) is 0 Å². The molecule has 8 nitrogen and oxygen atoms in total. The number of ether oxygens (including phenoxy) is 1.